The SMILES string of the molecule is CCn1c(SCC(=O)N[C@H](C)c2ccccc2Br)nnc1C1CC1. The van der Waals surface area contributed by atoms with E-state index in [1.807, 2.05) is 31.2 Å². The van der Waals surface area contributed by atoms with Crippen LogP contribution in [0.3, 0.4) is 0 Å². The Morgan fingerprint density at radius 1 is 1.42 bits per heavy atom. The van der Waals surface area contributed by atoms with E-state index in [9.17, 15) is 4.79 Å². The van der Waals surface area contributed by atoms with E-state index in [-0.39, 0.29) is 11.9 Å². The summed E-state index contributed by atoms with van der Waals surface area (Å²) in [5.74, 6) is 1.98. The molecule has 1 atom stereocenters. The molecule has 1 amide bonds. The Bertz CT molecular complexity index is 729. The molecule has 0 aliphatic heterocycles. The molecule has 5 nitrogen and oxygen atoms in total. The number of amides is 1. The van der Waals surface area contributed by atoms with Crippen LogP contribution in [0.25, 0.3) is 0 Å². The van der Waals surface area contributed by atoms with Gasteiger partial charge in [0.2, 0.25) is 5.91 Å². The summed E-state index contributed by atoms with van der Waals surface area (Å²) in [5, 5.41) is 12.4. The fourth-order valence-electron chi connectivity index (χ4n) is 2.66. The zero-order valence-corrected chi connectivity index (χ0v) is 16.2. The van der Waals surface area contributed by atoms with Crippen LogP contribution in [0.4, 0.5) is 0 Å². The maximum Gasteiger partial charge on any atom is 0.230 e. The molecule has 1 aliphatic rings. The molecule has 3 rings (SSSR count). The monoisotopic (exact) mass is 408 g/mol. The molecule has 1 aliphatic carbocycles. The van der Waals surface area contributed by atoms with Crippen LogP contribution in [-0.4, -0.2) is 26.4 Å². The number of hydrogen-bond donors (Lipinski definition) is 1. The molecule has 1 aromatic heterocycles. The molecule has 0 saturated heterocycles. The van der Waals surface area contributed by atoms with E-state index in [2.05, 4.69) is 42.9 Å². The second kappa shape index (κ2) is 7.70. The number of carbonyl (C=O) groups is 1. The van der Waals surface area contributed by atoms with E-state index in [0.717, 1.165) is 27.6 Å². The lowest BCUT2D eigenvalue weighted by Gasteiger charge is -2.15. The van der Waals surface area contributed by atoms with E-state index in [1.165, 1.54) is 24.6 Å². The molecule has 128 valence electrons. The lowest BCUT2D eigenvalue weighted by atomic mass is 10.1. The van der Waals surface area contributed by atoms with Crippen molar-refractivity contribution < 1.29 is 4.79 Å². The quantitative estimate of drug-likeness (QED) is 0.705. The molecule has 0 bridgehead atoms. The van der Waals surface area contributed by atoms with Gasteiger partial charge in [0.05, 0.1) is 11.8 Å². The lowest BCUT2D eigenvalue weighted by Crippen LogP contribution is -2.28. The van der Waals surface area contributed by atoms with Gasteiger partial charge in [-0.2, -0.15) is 0 Å². The number of hydrogen-bond acceptors (Lipinski definition) is 4. The first-order chi connectivity index (χ1) is 11.6. The molecule has 1 N–H and O–H groups in total. The van der Waals surface area contributed by atoms with Crippen LogP contribution in [0.5, 0.6) is 0 Å². The van der Waals surface area contributed by atoms with Crippen molar-refractivity contribution in [2.45, 2.75) is 50.4 Å². The van der Waals surface area contributed by atoms with E-state index < -0.39 is 0 Å². The predicted octanol–water partition coefficient (Wildman–Crippen LogP) is 3.91. The zero-order valence-electron chi connectivity index (χ0n) is 13.8. The van der Waals surface area contributed by atoms with Crippen molar-refractivity contribution in [2.24, 2.45) is 0 Å². The average Bonchev–Trinajstić information content (AvgIpc) is 3.33. The molecule has 0 spiro atoms. The highest BCUT2D eigenvalue weighted by Crippen LogP contribution is 2.39. The van der Waals surface area contributed by atoms with Crippen LogP contribution in [0, 0.1) is 0 Å². The van der Waals surface area contributed by atoms with Crippen LogP contribution in [0.2, 0.25) is 0 Å². The van der Waals surface area contributed by atoms with Gasteiger partial charge in [0.15, 0.2) is 5.16 Å². The fraction of sp³-hybridized carbons (Fsp3) is 0.471. The van der Waals surface area contributed by atoms with E-state index >= 15 is 0 Å². The normalized spacial score (nSPS) is 15.3. The van der Waals surface area contributed by atoms with Gasteiger partial charge < -0.3 is 9.88 Å². The summed E-state index contributed by atoms with van der Waals surface area (Å²) >= 11 is 4.98. The molecule has 1 aromatic carbocycles. The minimum atomic E-state index is -0.0419. The lowest BCUT2D eigenvalue weighted by molar-refractivity contribution is -0.119. The molecule has 24 heavy (non-hydrogen) atoms. The Labute approximate surface area is 154 Å². The largest absolute Gasteiger partial charge is 0.349 e. The Morgan fingerprint density at radius 2 is 2.17 bits per heavy atom. The van der Waals surface area contributed by atoms with Gasteiger partial charge in [0.1, 0.15) is 5.82 Å². The van der Waals surface area contributed by atoms with Crippen molar-refractivity contribution in [2.75, 3.05) is 5.75 Å². The number of carbonyl (C=O) groups excluding carboxylic acids is 1. The van der Waals surface area contributed by atoms with Crippen molar-refractivity contribution in [3.8, 4) is 0 Å². The fourth-order valence-corrected chi connectivity index (χ4v) is 4.11. The molecular weight excluding hydrogens is 388 g/mol. The molecule has 1 fully saturated rings. The smallest absolute Gasteiger partial charge is 0.230 e. The third-order valence-corrected chi connectivity index (χ3v) is 5.77. The third-order valence-electron chi connectivity index (χ3n) is 4.09. The summed E-state index contributed by atoms with van der Waals surface area (Å²) in [7, 11) is 0. The molecular formula is C17H21BrN4OS. The van der Waals surface area contributed by atoms with Crippen molar-refractivity contribution in [1.82, 2.24) is 20.1 Å². The number of benzene rings is 1. The number of thioether (sulfide) groups is 1. The number of nitrogens with zero attached hydrogens (tertiary/aromatic N) is 3. The Hall–Kier alpha value is -1.34. The zero-order chi connectivity index (χ0) is 17.1. The summed E-state index contributed by atoms with van der Waals surface area (Å²) in [6.07, 6.45) is 2.40. The number of rotatable bonds is 7. The van der Waals surface area contributed by atoms with Crippen molar-refractivity contribution in [3.63, 3.8) is 0 Å². The second-order valence-corrected chi connectivity index (χ2v) is 7.76. The summed E-state index contributed by atoms with van der Waals surface area (Å²) in [6, 6.07) is 7.89. The van der Waals surface area contributed by atoms with Gasteiger partial charge in [-0.05, 0) is 38.3 Å². The summed E-state index contributed by atoms with van der Waals surface area (Å²) in [6.45, 7) is 4.92. The first kappa shape index (κ1) is 17.5. The van der Waals surface area contributed by atoms with Gasteiger partial charge in [0.25, 0.3) is 0 Å². The second-order valence-electron chi connectivity index (χ2n) is 5.96. The topological polar surface area (TPSA) is 59.8 Å². The van der Waals surface area contributed by atoms with Gasteiger partial charge in [0, 0.05) is 16.9 Å². The number of aromatic nitrogens is 3. The van der Waals surface area contributed by atoms with Gasteiger partial charge in [-0.1, -0.05) is 45.9 Å². The first-order valence-electron chi connectivity index (χ1n) is 8.19. The van der Waals surface area contributed by atoms with Crippen LogP contribution < -0.4 is 5.32 Å². The first-order valence-corrected chi connectivity index (χ1v) is 9.97. The summed E-state index contributed by atoms with van der Waals surface area (Å²) in [4.78, 5) is 12.3. The Kier molecular flexibility index (Phi) is 5.61. The molecule has 2 aromatic rings. The standard InChI is InChI=1S/C17H21BrN4OS/c1-3-22-16(12-8-9-12)20-21-17(22)24-10-15(23)19-11(2)13-6-4-5-7-14(13)18/h4-7,11-12H,3,8-10H2,1-2H3,(H,19,23)/t11-/m1/s1. The van der Waals surface area contributed by atoms with E-state index in [4.69, 9.17) is 0 Å². The summed E-state index contributed by atoms with van der Waals surface area (Å²) < 4.78 is 3.14. The van der Waals surface area contributed by atoms with Crippen LogP contribution >= 0.6 is 27.7 Å². The molecule has 0 unspecified atom stereocenters. The van der Waals surface area contributed by atoms with Crippen LogP contribution in [-0.2, 0) is 11.3 Å². The maximum absolute atomic E-state index is 12.3. The molecule has 7 heteroatoms. The summed E-state index contributed by atoms with van der Waals surface area (Å²) in [5.41, 5.74) is 1.07. The van der Waals surface area contributed by atoms with Crippen molar-refractivity contribution in [3.05, 3.63) is 40.1 Å². The van der Waals surface area contributed by atoms with Crippen LogP contribution in [0.15, 0.2) is 33.9 Å². The third kappa shape index (κ3) is 4.00. The maximum atomic E-state index is 12.3. The molecule has 1 heterocycles. The number of nitrogens with one attached hydrogen (secondary N) is 1. The van der Waals surface area contributed by atoms with Gasteiger partial charge >= 0.3 is 0 Å². The predicted molar refractivity (Wildman–Crippen MR) is 99.1 cm³/mol. The minimum Gasteiger partial charge on any atom is -0.349 e. The molecule has 0 radical (unpaired) electrons. The van der Waals surface area contributed by atoms with Crippen LogP contribution in [0.1, 0.15) is 50.0 Å². The van der Waals surface area contributed by atoms with Gasteiger partial charge in [-0.15, -0.1) is 10.2 Å². The minimum absolute atomic E-state index is 0.00174. The van der Waals surface area contributed by atoms with Crippen molar-refractivity contribution in [1.29, 1.82) is 0 Å². The van der Waals surface area contributed by atoms with E-state index in [1.54, 1.807) is 0 Å². The molecule has 1 saturated carbocycles. The highest BCUT2D eigenvalue weighted by atomic mass is 79.9. The average molecular weight is 409 g/mol. The Balaban J connectivity index is 1.57. The highest BCUT2D eigenvalue weighted by molar-refractivity contribution is 9.10. The van der Waals surface area contributed by atoms with Gasteiger partial charge in [-0.25, -0.2) is 0 Å². The highest BCUT2D eigenvalue weighted by Gasteiger charge is 2.30. The van der Waals surface area contributed by atoms with Gasteiger partial charge in [-0.3, -0.25) is 4.79 Å². The van der Waals surface area contributed by atoms with E-state index in [0.29, 0.717) is 11.7 Å². The van der Waals surface area contributed by atoms with Crippen molar-refractivity contribution >= 4 is 33.6 Å². The Morgan fingerprint density at radius 3 is 2.83 bits per heavy atom. The number of halogens is 1.